The Kier molecular flexibility index (Phi) is 5.07. The van der Waals surface area contributed by atoms with Crippen molar-refractivity contribution in [3.63, 3.8) is 0 Å². The number of para-hydroxylation sites is 1. The van der Waals surface area contributed by atoms with Gasteiger partial charge in [-0.05, 0) is 43.2 Å². The number of rotatable bonds is 6. The molecule has 0 radical (unpaired) electrons. The van der Waals surface area contributed by atoms with Crippen molar-refractivity contribution in [3.8, 4) is 5.75 Å². The van der Waals surface area contributed by atoms with Crippen LogP contribution in [0.15, 0.2) is 42.5 Å². The smallest absolute Gasteiger partial charge is 0.299 e. The zero-order valence-corrected chi connectivity index (χ0v) is 14.3. The summed E-state index contributed by atoms with van der Waals surface area (Å²) in [6.45, 7) is 0.968. The Balaban J connectivity index is 1.50. The largest absolute Gasteiger partial charge is 0.493 e. The third-order valence-electron chi connectivity index (χ3n) is 3.76. The van der Waals surface area contributed by atoms with E-state index >= 15 is 0 Å². The van der Waals surface area contributed by atoms with E-state index < -0.39 is 11.7 Å². The predicted molar refractivity (Wildman–Crippen MR) is 94.3 cm³/mol. The highest BCUT2D eigenvalue weighted by Gasteiger charge is 2.34. The average molecular weight is 364 g/mol. The molecule has 0 saturated heterocycles. The number of halogens is 2. The van der Waals surface area contributed by atoms with E-state index in [1.165, 1.54) is 4.90 Å². The Morgan fingerprint density at radius 3 is 2.42 bits per heavy atom. The van der Waals surface area contributed by atoms with Crippen LogP contribution in [0, 0.1) is 0 Å². The number of benzene rings is 2. The van der Waals surface area contributed by atoms with E-state index in [1.54, 1.807) is 36.4 Å². The molecule has 6 heteroatoms. The molecule has 24 heavy (non-hydrogen) atoms. The minimum absolute atomic E-state index is 0.435. The maximum atomic E-state index is 12.0. The number of hydrogen-bond donors (Lipinski definition) is 0. The zero-order chi connectivity index (χ0) is 17.1. The van der Waals surface area contributed by atoms with Gasteiger partial charge >= 0.3 is 0 Å². The van der Waals surface area contributed by atoms with Crippen LogP contribution in [0.5, 0.6) is 5.75 Å². The maximum Gasteiger partial charge on any atom is 0.299 e. The molecular weight excluding hydrogens is 349 g/mol. The average Bonchev–Trinajstić information content (AvgIpc) is 2.79. The Labute approximate surface area is 149 Å². The quantitative estimate of drug-likeness (QED) is 0.565. The molecule has 3 rings (SSSR count). The van der Waals surface area contributed by atoms with Crippen molar-refractivity contribution in [1.82, 2.24) is 0 Å². The fraction of sp³-hybridized carbons (Fsp3) is 0.222. The van der Waals surface area contributed by atoms with Crippen LogP contribution in [0.2, 0.25) is 10.0 Å². The van der Waals surface area contributed by atoms with Crippen molar-refractivity contribution in [2.24, 2.45) is 0 Å². The summed E-state index contributed by atoms with van der Waals surface area (Å²) in [7, 11) is 0. The van der Waals surface area contributed by atoms with Gasteiger partial charge in [0.15, 0.2) is 0 Å². The van der Waals surface area contributed by atoms with Gasteiger partial charge in [-0.2, -0.15) is 0 Å². The van der Waals surface area contributed by atoms with Crippen LogP contribution >= 0.6 is 23.2 Å². The van der Waals surface area contributed by atoms with Crippen molar-refractivity contribution in [2.45, 2.75) is 12.8 Å². The van der Waals surface area contributed by atoms with Crippen LogP contribution in [0.1, 0.15) is 23.2 Å². The molecule has 0 N–H and O–H groups in total. The molecule has 2 aromatic rings. The first kappa shape index (κ1) is 16.8. The molecule has 0 aromatic heterocycles. The van der Waals surface area contributed by atoms with Crippen molar-refractivity contribution < 1.29 is 14.3 Å². The molecule has 4 nitrogen and oxygen atoms in total. The molecule has 2 aromatic carbocycles. The van der Waals surface area contributed by atoms with E-state index in [4.69, 9.17) is 27.9 Å². The molecule has 1 amide bonds. The Morgan fingerprint density at radius 1 is 0.958 bits per heavy atom. The zero-order valence-electron chi connectivity index (χ0n) is 12.8. The fourth-order valence-electron chi connectivity index (χ4n) is 2.64. The number of unbranched alkanes of at least 4 members (excludes halogenated alkanes) is 1. The minimum Gasteiger partial charge on any atom is -0.493 e. The van der Waals surface area contributed by atoms with Crippen LogP contribution in [0.3, 0.4) is 0 Å². The van der Waals surface area contributed by atoms with Crippen LogP contribution in [0.4, 0.5) is 5.69 Å². The second-order valence-electron chi connectivity index (χ2n) is 5.46. The number of anilines is 1. The standard InChI is InChI=1S/C18H15Cl2NO3/c19-12-9-13(20)11-14(10-12)24-8-4-3-7-21-16-6-2-1-5-15(16)17(22)18(21)23/h1-2,5-6,9-11H,3-4,7-8H2. The number of carbonyl (C=O) groups is 2. The van der Waals surface area contributed by atoms with Crippen LogP contribution in [-0.4, -0.2) is 24.8 Å². The SMILES string of the molecule is O=C1C(=O)N(CCCCOc2cc(Cl)cc(Cl)c2)c2ccccc21. The fourth-order valence-corrected chi connectivity index (χ4v) is 3.15. The molecule has 0 aliphatic carbocycles. The lowest BCUT2D eigenvalue weighted by molar-refractivity contribution is -0.114. The van der Waals surface area contributed by atoms with Crippen molar-refractivity contribution in [3.05, 3.63) is 58.1 Å². The van der Waals surface area contributed by atoms with Crippen molar-refractivity contribution >= 4 is 40.6 Å². The van der Waals surface area contributed by atoms with E-state index in [2.05, 4.69) is 0 Å². The van der Waals surface area contributed by atoms with Gasteiger partial charge in [0.05, 0.1) is 17.9 Å². The number of hydrogen-bond acceptors (Lipinski definition) is 3. The summed E-state index contributed by atoms with van der Waals surface area (Å²) in [4.78, 5) is 25.5. The summed E-state index contributed by atoms with van der Waals surface area (Å²) in [6.07, 6.45) is 1.46. The highest BCUT2D eigenvalue weighted by atomic mass is 35.5. The summed E-state index contributed by atoms with van der Waals surface area (Å²) < 4.78 is 5.61. The molecule has 0 atom stereocenters. The summed E-state index contributed by atoms with van der Waals surface area (Å²) in [5.41, 5.74) is 1.17. The lowest BCUT2D eigenvalue weighted by atomic mass is 10.1. The first-order chi connectivity index (χ1) is 11.6. The molecule has 0 bridgehead atoms. The van der Waals surface area contributed by atoms with Gasteiger partial charge in [0, 0.05) is 16.6 Å². The summed E-state index contributed by atoms with van der Waals surface area (Å²) >= 11 is 11.8. The van der Waals surface area contributed by atoms with Crippen LogP contribution < -0.4 is 9.64 Å². The lowest BCUT2D eigenvalue weighted by Crippen LogP contribution is -2.30. The number of carbonyl (C=O) groups excluding carboxylic acids is 2. The van der Waals surface area contributed by atoms with Crippen molar-refractivity contribution in [2.75, 3.05) is 18.1 Å². The summed E-state index contributed by atoms with van der Waals surface area (Å²) in [5.74, 6) is -0.278. The monoisotopic (exact) mass is 363 g/mol. The van der Waals surface area contributed by atoms with Gasteiger partial charge in [0.25, 0.3) is 11.7 Å². The lowest BCUT2D eigenvalue weighted by Gasteiger charge is -2.16. The van der Waals surface area contributed by atoms with E-state index in [-0.39, 0.29) is 0 Å². The van der Waals surface area contributed by atoms with E-state index in [9.17, 15) is 9.59 Å². The third-order valence-corrected chi connectivity index (χ3v) is 4.20. The van der Waals surface area contributed by atoms with Gasteiger partial charge in [0.2, 0.25) is 0 Å². The van der Waals surface area contributed by atoms with E-state index in [0.717, 1.165) is 12.8 Å². The highest BCUT2D eigenvalue weighted by molar-refractivity contribution is 6.52. The van der Waals surface area contributed by atoms with Gasteiger partial charge in [-0.15, -0.1) is 0 Å². The maximum absolute atomic E-state index is 12.0. The molecule has 124 valence electrons. The van der Waals surface area contributed by atoms with E-state index in [1.807, 2.05) is 6.07 Å². The Hall–Kier alpha value is -2.04. The van der Waals surface area contributed by atoms with E-state index in [0.29, 0.717) is 40.2 Å². The number of nitrogens with zero attached hydrogens (tertiary/aromatic N) is 1. The molecular formula is C18H15Cl2NO3. The first-order valence-electron chi connectivity index (χ1n) is 7.60. The molecule has 0 spiro atoms. The number of fused-ring (bicyclic) bond motifs is 1. The first-order valence-corrected chi connectivity index (χ1v) is 8.36. The number of amides is 1. The highest BCUT2D eigenvalue weighted by Crippen LogP contribution is 2.28. The number of ether oxygens (including phenoxy) is 1. The third kappa shape index (κ3) is 3.55. The summed E-state index contributed by atoms with van der Waals surface area (Å²) in [6, 6.07) is 12.1. The van der Waals surface area contributed by atoms with Crippen LogP contribution in [0.25, 0.3) is 0 Å². The Morgan fingerprint density at radius 2 is 1.67 bits per heavy atom. The van der Waals surface area contributed by atoms with Gasteiger partial charge < -0.3 is 9.64 Å². The van der Waals surface area contributed by atoms with Gasteiger partial charge in [0.1, 0.15) is 5.75 Å². The number of ketones is 1. The topological polar surface area (TPSA) is 46.6 Å². The van der Waals surface area contributed by atoms with Gasteiger partial charge in [-0.25, -0.2) is 0 Å². The molecule has 0 fully saturated rings. The molecule has 0 saturated carbocycles. The minimum atomic E-state index is -0.459. The second kappa shape index (κ2) is 7.24. The molecule has 1 aliphatic rings. The van der Waals surface area contributed by atoms with Crippen molar-refractivity contribution in [1.29, 1.82) is 0 Å². The Bertz CT molecular complexity index is 771. The second-order valence-corrected chi connectivity index (χ2v) is 6.34. The molecule has 1 heterocycles. The number of Topliss-reactive ketones (excluding diaryl/α,β-unsaturated/α-hetero) is 1. The molecule has 0 unspecified atom stereocenters. The van der Waals surface area contributed by atoms with Gasteiger partial charge in [-0.3, -0.25) is 9.59 Å². The predicted octanol–water partition coefficient (Wildman–Crippen LogP) is 4.38. The van der Waals surface area contributed by atoms with Crippen LogP contribution in [-0.2, 0) is 4.79 Å². The summed E-state index contributed by atoms with van der Waals surface area (Å²) in [5, 5.41) is 1.05. The molecule has 1 aliphatic heterocycles. The van der Waals surface area contributed by atoms with Gasteiger partial charge in [-0.1, -0.05) is 35.3 Å². The normalized spacial score (nSPS) is 13.3.